The van der Waals surface area contributed by atoms with E-state index in [0.29, 0.717) is 18.8 Å². The molecule has 2 rings (SSSR count). The normalized spacial score (nSPS) is 10.3. The second-order valence-corrected chi connectivity index (χ2v) is 5.23. The van der Waals surface area contributed by atoms with E-state index < -0.39 is 0 Å². The van der Waals surface area contributed by atoms with Crippen LogP contribution >= 0.6 is 0 Å². The minimum atomic E-state index is -0.279. The molecule has 0 amide bonds. The SMILES string of the molecule is CCCCOC(=O)c1ccc(OCc2ccccc2C)cc1. The molecule has 0 bridgehead atoms. The molecule has 3 nitrogen and oxygen atoms in total. The van der Waals surface area contributed by atoms with Crippen molar-refractivity contribution >= 4 is 5.97 Å². The standard InChI is InChI=1S/C19H22O3/c1-3-4-13-21-19(20)16-9-11-18(12-10-16)22-14-17-8-6-5-7-15(17)2/h5-12H,3-4,13-14H2,1-2H3. The molecule has 2 aromatic rings. The highest BCUT2D eigenvalue weighted by atomic mass is 16.5. The number of carbonyl (C=O) groups is 1. The van der Waals surface area contributed by atoms with E-state index in [9.17, 15) is 4.79 Å². The topological polar surface area (TPSA) is 35.5 Å². The van der Waals surface area contributed by atoms with Crippen LogP contribution in [0.15, 0.2) is 48.5 Å². The molecule has 0 aliphatic heterocycles. The Kier molecular flexibility index (Phi) is 6.01. The average molecular weight is 298 g/mol. The lowest BCUT2D eigenvalue weighted by molar-refractivity contribution is 0.0499. The van der Waals surface area contributed by atoms with Crippen molar-refractivity contribution in [1.82, 2.24) is 0 Å². The summed E-state index contributed by atoms with van der Waals surface area (Å²) in [5.41, 5.74) is 2.92. The molecule has 0 spiro atoms. The predicted molar refractivity (Wildman–Crippen MR) is 87.1 cm³/mol. The zero-order valence-corrected chi connectivity index (χ0v) is 13.2. The first kappa shape index (κ1) is 16.1. The van der Waals surface area contributed by atoms with Gasteiger partial charge in [-0.25, -0.2) is 4.79 Å². The Hall–Kier alpha value is -2.29. The van der Waals surface area contributed by atoms with Crippen LogP contribution in [0.4, 0.5) is 0 Å². The van der Waals surface area contributed by atoms with Crippen molar-refractivity contribution in [2.45, 2.75) is 33.3 Å². The highest BCUT2D eigenvalue weighted by Gasteiger charge is 2.07. The van der Waals surface area contributed by atoms with Crippen molar-refractivity contribution in [3.05, 3.63) is 65.2 Å². The lowest BCUT2D eigenvalue weighted by Gasteiger charge is -2.09. The third kappa shape index (κ3) is 4.62. The van der Waals surface area contributed by atoms with Gasteiger partial charge < -0.3 is 9.47 Å². The third-order valence-electron chi connectivity index (χ3n) is 3.48. The fraction of sp³-hybridized carbons (Fsp3) is 0.316. The minimum Gasteiger partial charge on any atom is -0.489 e. The summed E-state index contributed by atoms with van der Waals surface area (Å²) < 4.78 is 10.9. The molecule has 0 atom stereocenters. The van der Waals surface area contributed by atoms with Gasteiger partial charge in [-0.3, -0.25) is 0 Å². The number of esters is 1. The molecule has 0 unspecified atom stereocenters. The molecule has 22 heavy (non-hydrogen) atoms. The molecule has 0 fully saturated rings. The van der Waals surface area contributed by atoms with Gasteiger partial charge in [0, 0.05) is 0 Å². The Morgan fingerprint density at radius 3 is 2.45 bits per heavy atom. The number of benzene rings is 2. The fourth-order valence-electron chi connectivity index (χ4n) is 2.01. The van der Waals surface area contributed by atoms with Gasteiger partial charge in [-0.1, -0.05) is 37.6 Å². The molecule has 0 N–H and O–H groups in total. The number of ether oxygens (including phenoxy) is 2. The highest BCUT2D eigenvalue weighted by molar-refractivity contribution is 5.89. The van der Waals surface area contributed by atoms with E-state index in [4.69, 9.17) is 9.47 Å². The van der Waals surface area contributed by atoms with Gasteiger partial charge in [0.15, 0.2) is 0 Å². The quantitative estimate of drug-likeness (QED) is 0.556. The monoisotopic (exact) mass is 298 g/mol. The predicted octanol–water partition coefficient (Wildman–Crippen LogP) is 4.53. The Bertz CT molecular complexity index is 602. The van der Waals surface area contributed by atoms with Gasteiger partial charge in [-0.15, -0.1) is 0 Å². The first-order valence-electron chi connectivity index (χ1n) is 7.65. The van der Waals surface area contributed by atoms with Gasteiger partial charge in [0.05, 0.1) is 12.2 Å². The largest absolute Gasteiger partial charge is 0.489 e. The van der Waals surface area contributed by atoms with Crippen LogP contribution in [0.3, 0.4) is 0 Å². The van der Waals surface area contributed by atoms with Crippen molar-refractivity contribution in [2.24, 2.45) is 0 Å². The van der Waals surface area contributed by atoms with Crippen LogP contribution in [-0.2, 0) is 11.3 Å². The zero-order chi connectivity index (χ0) is 15.8. The molecular weight excluding hydrogens is 276 g/mol. The van der Waals surface area contributed by atoms with Gasteiger partial charge in [-0.05, 0) is 48.7 Å². The van der Waals surface area contributed by atoms with Gasteiger partial charge >= 0.3 is 5.97 Å². The lowest BCUT2D eigenvalue weighted by Crippen LogP contribution is -2.06. The molecular formula is C19H22O3. The molecule has 0 saturated heterocycles. The van der Waals surface area contributed by atoms with Crippen molar-refractivity contribution in [3.8, 4) is 5.75 Å². The summed E-state index contributed by atoms with van der Waals surface area (Å²) in [6.45, 7) is 5.12. The third-order valence-corrected chi connectivity index (χ3v) is 3.48. The molecule has 116 valence electrons. The summed E-state index contributed by atoms with van der Waals surface area (Å²) in [6, 6.07) is 15.2. The van der Waals surface area contributed by atoms with E-state index in [2.05, 4.69) is 26.0 Å². The fourth-order valence-corrected chi connectivity index (χ4v) is 2.01. The summed E-state index contributed by atoms with van der Waals surface area (Å²) in [6.07, 6.45) is 1.91. The highest BCUT2D eigenvalue weighted by Crippen LogP contribution is 2.16. The van der Waals surface area contributed by atoms with Crippen LogP contribution in [0, 0.1) is 6.92 Å². The number of aryl methyl sites for hydroxylation is 1. The Morgan fingerprint density at radius 1 is 1.05 bits per heavy atom. The van der Waals surface area contributed by atoms with Crippen LogP contribution in [0.5, 0.6) is 5.75 Å². The molecule has 0 saturated carbocycles. The van der Waals surface area contributed by atoms with Crippen LogP contribution in [0.25, 0.3) is 0 Å². The van der Waals surface area contributed by atoms with E-state index in [0.717, 1.165) is 24.2 Å². The molecule has 0 aromatic heterocycles. The van der Waals surface area contributed by atoms with Gasteiger partial charge in [0.1, 0.15) is 12.4 Å². The summed E-state index contributed by atoms with van der Waals surface area (Å²) in [4.78, 5) is 11.8. The Labute approximate surface area is 131 Å². The minimum absolute atomic E-state index is 0.279. The van der Waals surface area contributed by atoms with Gasteiger partial charge in [0.2, 0.25) is 0 Å². The molecule has 0 aliphatic carbocycles. The summed E-state index contributed by atoms with van der Waals surface area (Å²) >= 11 is 0. The van der Waals surface area contributed by atoms with E-state index in [-0.39, 0.29) is 5.97 Å². The van der Waals surface area contributed by atoms with E-state index in [1.165, 1.54) is 5.56 Å². The summed E-state index contributed by atoms with van der Waals surface area (Å²) in [5, 5.41) is 0. The zero-order valence-electron chi connectivity index (χ0n) is 13.2. The van der Waals surface area contributed by atoms with E-state index in [1.54, 1.807) is 24.3 Å². The first-order valence-corrected chi connectivity index (χ1v) is 7.65. The number of carbonyl (C=O) groups excluding carboxylic acids is 1. The average Bonchev–Trinajstić information content (AvgIpc) is 2.55. The van der Waals surface area contributed by atoms with Crippen LogP contribution in [0.2, 0.25) is 0 Å². The first-order chi connectivity index (χ1) is 10.7. The number of rotatable bonds is 7. The number of hydrogen-bond donors (Lipinski definition) is 0. The van der Waals surface area contributed by atoms with Crippen molar-refractivity contribution in [2.75, 3.05) is 6.61 Å². The maximum atomic E-state index is 11.8. The maximum absolute atomic E-state index is 11.8. The summed E-state index contributed by atoms with van der Waals surface area (Å²) in [7, 11) is 0. The molecule has 2 aromatic carbocycles. The molecule has 0 aliphatic rings. The van der Waals surface area contributed by atoms with E-state index in [1.807, 2.05) is 12.1 Å². The van der Waals surface area contributed by atoms with Crippen molar-refractivity contribution in [1.29, 1.82) is 0 Å². The molecule has 0 heterocycles. The van der Waals surface area contributed by atoms with Crippen LogP contribution < -0.4 is 4.74 Å². The second kappa shape index (κ2) is 8.23. The molecule has 0 radical (unpaired) electrons. The lowest BCUT2D eigenvalue weighted by atomic mass is 10.1. The maximum Gasteiger partial charge on any atom is 0.338 e. The summed E-state index contributed by atoms with van der Waals surface area (Å²) in [5.74, 6) is 0.465. The van der Waals surface area contributed by atoms with Crippen molar-refractivity contribution in [3.63, 3.8) is 0 Å². The number of unbranched alkanes of at least 4 members (excludes halogenated alkanes) is 1. The van der Waals surface area contributed by atoms with E-state index >= 15 is 0 Å². The van der Waals surface area contributed by atoms with Crippen LogP contribution in [0.1, 0.15) is 41.3 Å². The van der Waals surface area contributed by atoms with Crippen LogP contribution in [-0.4, -0.2) is 12.6 Å². The Morgan fingerprint density at radius 2 is 1.77 bits per heavy atom. The molecule has 3 heteroatoms. The van der Waals surface area contributed by atoms with Gasteiger partial charge in [0.25, 0.3) is 0 Å². The second-order valence-electron chi connectivity index (χ2n) is 5.23. The Balaban J connectivity index is 1.89. The van der Waals surface area contributed by atoms with Gasteiger partial charge in [-0.2, -0.15) is 0 Å². The van der Waals surface area contributed by atoms with Crippen molar-refractivity contribution < 1.29 is 14.3 Å². The smallest absolute Gasteiger partial charge is 0.338 e. The number of hydrogen-bond acceptors (Lipinski definition) is 3.